The third kappa shape index (κ3) is 5.45. The van der Waals surface area contributed by atoms with Gasteiger partial charge in [0.05, 0.1) is 17.0 Å². The molecule has 0 atom stereocenters. The summed E-state index contributed by atoms with van der Waals surface area (Å²) in [6.45, 7) is 2.61. The van der Waals surface area contributed by atoms with Gasteiger partial charge in [-0.1, -0.05) is 37.3 Å². The second-order valence-corrected chi connectivity index (χ2v) is 6.00. The van der Waals surface area contributed by atoms with E-state index >= 15 is 0 Å². The van der Waals surface area contributed by atoms with Gasteiger partial charge in [-0.05, 0) is 30.7 Å². The molecule has 4 nitrogen and oxygen atoms in total. The number of carbonyl (C=O) groups is 2. The molecule has 5 heteroatoms. The number of anilines is 1. The third-order valence-electron chi connectivity index (χ3n) is 3.09. The maximum atomic E-state index is 12.1. The molecule has 2 rings (SSSR count). The van der Waals surface area contributed by atoms with Gasteiger partial charge in [-0.25, -0.2) is 0 Å². The molecule has 2 aromatic carbocycles. The minimum atomic E-state index is -0.168. The second kappa shape index (κ2) is 9.00. The highest BCUT2D eigenvalue weighted by Crippen LogP contribution is 2.19. The molecular weight excluding hydrogens is 308 g/mol. The van der Waals surface area contributed by atoms with E-state index in [1.54, 1.807) is 24.3 Å². The van der Waals surface area contributed by atoms with Crippen LogP contribution in [-0.2, 0) is 4.79 Å². The molecule has 0 radical (unpaired) electrons. The number of benzene rings is 2. The monoisotopic (exact) mass is 328 g/mol. The summed E-state index contributed by atoms with van der Waals surface area (Å²) in [5, 5.41) is 5.64. The Bertz CT molecular complexity index is 659. The van der Waals surface area contributed by atoms with Gasteiger partial charge in [-0.3, -0.25) is 9.59 Å². The number of nitrogens with one attached hydrogen (secondary N) is 2. The molecule has 0 fully saturated rings. The van der Waals surface area contributed by atoms with E-state index in [2.05, 4.69) is 10.6 Å². The van der Waals surface area contributed by atoms with E-state index in [0.29, 0.717) is 23.5 Å². The molecule has 0 spiro atoms. The van der Waals surface area contributed by atoms with Crippen molar-refractivity contribution >= 4 is 29.3 Å². The first-order valence-electron chi connectivity index (χ1n) is 7.55. The van der Waals surface area contributed by atoms with Crippen molar-refractivity contribution in [2.45, 2.75) is 18.2 Å². The summed E-state index contributed by atoms with van der Waals surface area (Å²) in [6, 6.07) is 16.8. The topological polar surface area (TPSA) is 58.2 Å². The quantitative estimate of drug-likeness (QED) is 0.764. The molecule has 0 saturated heterocycles. The van der Waals surface area contributed by atoms with Gasteiger partial charge < -0.3 is 10.6 Å². The van der Waals surface area contributed by atoms with Gasteiger partial charge in [-0.15, -0.1) is 11.8 Å². The van der Waals surface area contributed by atoms with Crippen molar-refractivity contribution in [2.75, 3.05) is 17.6 Å². The Balaban J connectivity index is 1.96. The zero-order valence-electron chi connectivity index (χ0n) is 13.0. The van der Waals surface area contributed by atoms with E-state index in [-0.39, 0.29) is 11.8 Å². The number of amides is 2. The van der Waals surface area contributed by atoms with Gasteiger partial charge in [0.25, 0.3) is 5.91 Å². The fourth-order valence-electron chi connectivity index (χ4n) is 1.98. The molecule has 23 heavy (non-hydrogen) atoms. The van der Waals surface area contributed by atoms with Crippen molar-refractivity contribution in [3.63, 3.8) is 0 Å². The molecule has 2 N–H and O–H groups in total. The normalized spacial score (nSPS) is 10.1. The maximum Gasteiger partial charge on any atom is 0.253 e. The maximum absolute atomic E-state index is 12.1. The van der Waals surface area contributed by atoms with Crippen molar-refractivity contribution in [2.24, 2.45) is 0 Å². The van der Waals surface area contributed by atoms with Crippen molar-refractivity contribution in [1.82, 2.24) is 5.32 Å². The van der Waals surface area contributed by atoms with Gasteiger partial charge in [0.15, 0.2) is 0 Å². The van der Waals surface area contributed by atoms with Crippen LogP contribution in [0.2, 0.25) is 0 Å². The lowest BCUT2D eigenvalue weighted by atomic mass is 10.1. The van der Waals surface area contributed by atoms with Gasteiger partial charge in [-0.2, -0.15) is 0 Å². The van der Waals surface area contributed by atoms with Gasteiger partial charge in [0.1, 0.15) is 0 Å². The summed E-state index contributed by atoms with van der Waals surface area (Å²) >= 11 is 1.46. The lowest BCUT2D eigenvalue weighted by Gasteiger charge is -2.11. The summed E-state index contributed by atoms with van der Waals surface area (Å²) in [6.07, 6.45) is 0.869. The SMILES string of the molecule is CCCNC(=O)c1ccccc1NC(=O)CSc1ccccc1. The summed E-state index contributed by atoms with van der Waals surface area (Å²) in [5.74, 6) is 0.00243. The number of hydrogen-bond donors (Lipinski definition) is 2. The Morgan fingerprint density at radius 1 is 1.00 bits per heavy atom. The van der Waals surface area contributed by atoms with Crippen LogP contribution in [0.15, 0.2) is 59.5 Å². The van der Waals surface area contributed by atoms with E-state index < -0.39 is 0 Å². The van der Waals surface area contributed by atoms with Crippen LogP contribution in [0.25, 0.3) is 0 Å². The Labute approximate surface area is 140 Å². The molecule has 0 aliphatic carbocycles. The van der Waals surface area contributed by atoms with Crippen LogP contribution in [0.1, 0.15) is 23.7 Å². The van der Waals surface area contributed by atoms with Crippen LogP contribution in [0.3, 0.4) is 0 Å². The Morgan fingerprint density at radius 2 is 1.70 bits per heavy atom. The van der Waals surface area contributed by atoms with E-state index in [1.165, 1.54) is 11.8 Å². The summed E-state index contributed by atoms with van der Waals surface area (Å²) in [5.41, 5.74) is 1.03. The van der Waals surface area contributed by atoms with Gasteiger partial charge in [0, 0.05) is 11.4 Å². The third-order valence-corrected chi connectivity index (χ3v) is 4.11. The zero-order valence-corrected chi connectivity index (χ0v) is 13.9. The predicted octanol–water partition coefficient (Wildman–Crippen LogP) is 3.56. The lowest BCUT2D eigenvalue weighted by Crippen LogP contribution is -2.26. The fraction of sp³-hybridized carbons (Fsp3) is 0.222. The van der Waals surface area contributed by atoms with Crippen molar-refractivity contribution in [3.05, 3.63) is 60.2 Å². The number of para-hydroxylation sites is 1. The standard InChI is InChI=1S/C18H20N2O2S/c1-2-12-19-18(22)15-10-6-7-11-16(15)20-17(21)13-23-14-8-4-3-5-9-14/h3-11H,2,12-13H2,1H3,(H,19,22)(H,20,21). The molecule has 0 bridgehead atoms. The summed E-state index contributed by atoms with van der Waals surface area (Å²) in [4.78, 5) is 25.3. The summed E-state index contributed by atoms with van der Waals surface area (Å²) in [7, 11) is 0. The van der Waals surface area contributed by atoms with Crippen molar-refractivity contribution in [3.8, 4) is 0 Å². The fourth-order valence-corrected chi connectivity index (χ4v) is 2.70. The molecule has 0 heterocycles. The summed E-state index contributed by atoms with van der Waals surface area (Å²) < 4.78 is 0. The number of thioether (sulfide) groups is 1. The van der Waals surface area contributed by atoms with Crippen LogP contribution in [-0.4, -0.2) is 24.1 Å². The van der Waals surface area contributed by atoms with Gasteiger partial charge >= 0.3 is 0 Å². The molecule has 2 amide bonds. The highest BCUT2D eigenvalue weighted by molar-refractivity contribution is 8.00. The van der Waals surface area contributed by atoms with E-state index in [1.807, 2.05) is 37.3 Å². The van der Waals surface area contributed by atoms with E-state index in [0.717, 1.165) is 11.3 Å². The number of hydrogen-bond acceptors (Lipinski definition) is 3. The lowest BCUT2D eigenvalue weighted by molar-refractivity contribution is -0.113. The highest BCUT2D eigenvalue weighted by atomic mass is 32.2. The highest BCUT2D eigenvalue weighted by Gasteiger charge is 2.12. The Kier molecular flexibility index (Phi) is 6.69. The first-order chi connectivity index (χ1) is 11.2. The number of rotatable bonds is 7. The average Bonchev–Trinajstić information content (AvgIpc) is 2.59. The van der Waals surface area contributed by atoms with Crippen molar-refractivity contribution in [1.29, 1.82) is 0 Å². The Morgan fingerprint density at radius 3 is 2.43 bits per heavy atom. The first kappa shape index (κ1) is 17.1. The molecule has 0 unspecified atom stereocenters. The zero-order chi connectivity index (χ0) is 16.5. The second-order valence-electron chi connectivity index (χ2n) is 4.95. The van der Waals surface area contributed by atoms with Crippen molar-refractivity contribution < 1.29 is 9.59 Å². The van der Waals surface area contributed by atoms with E-state index in [4.69, 9.17) is 0 Å². The van der Waals surface area contributed by atoms with Crippen LogP contribution in [0, 0.1) is 0 Å². The van der Waals surface area contributed by atoms with E-state index in [9.17, 15) is 9.59 Å². The largest absolute Gasteiger partial charge is 0.352 e. The first-order valence-corrected chi connectivity index (χ1v) is 8.54. The van der Waals surface area contributed by atoms with Crippen LogP contribution in [0.5, 0.6) is 0 Å². The molecule has 0 saturated carbocycles. The van der Waals surface area contributed by atoms with Crippen LogP contribution < -0.4 is 10.6 Å². The average molecular weight is 328 g/mol. The molecular formula is C18H20N2O2S. The minimum Gasteiger partial charge on any atom is -0.352 e. The predicted molar refractivity (Wildman–Crippen MR) is 94.9 cm³/mol. The van der Waals surface area contributed by atoms with Crippen LogP contribution in [0.4, 0.5) is 5.69 Å². The number of carbonyl (C=O) groups excluding carboxylic acids is 2. The molecule has 0 aliphatic heterocycles. The molecule has 120 valence electrons. The minimum absolute atomic E-state index is 0.130. The van der Waals surface area contributed by atoms with Gasteiger partial charge in [0.2, 0.25) is 5.91 Å². The van der Waals surface area contributed by atoms with Crippen LogP contribution >= 0.6 is 11.8 Å². The smallest absolute Gasteiger partial charge is 0.253 e. The molecule has 0 aliphatic rings. The Hall–Kier alpha value is -2.27. The molecule has 2 aromatic rings. The molecule has 0 aromatic heterocycles.